The van der Waals surface area contributed by atoms with Crippen LogP contribution in [0.4, 0.5) is 0 Å². The van der Waals surface area contributed by atoms with Crippen molar-refractivity contribution in [3.63, 3.8) is 0 Å². The molecule has 0 aromatic heterocycles. The van der Waals surface area contributed by atoms with Crippen molar-refractivity contribution in [3.8, 4) is 5.75 Å². The van der Waals surface area contributed by atoms with Crippen LogP contribution in [0.3, 0.4) is 0 Å². The summed E-state index contributed by atoms with van der Waals surface area (Å²) < 4.78 is 10.7. The first-order valence-corrected chi connectivity index (χ1v) is 11.7. The molecule has 180 valence electrons. The van der Waals surface area contributed by atoms with Crippen molar-refractivity contribution in [3.05, 3.63) is 112 Å². The van der Waals surface area contributed by atoms with E-state index in [2.05, 4.69) is 88.1 Å². The van der Waals surface area contributed by atoms with Gasteiger partial charge in [-0.3, -0.25) is 0 Å². The van der Waals surface area contributed by atoms with Gasteiger partial charge in [0.25, 0.3) is 0 Å². The van der Waals surface area contributed by atoms with E-state index >= 15 is 0 Å². The van der Waals surface area contributed by atoms with Crippen LogP contribution in [0.25, 0.3) is 24.3 Å². The molecule has 3 heteroatoms. The number of carbonyl (C=O) groups excluding carboxylic acids is 1. The van der Waals surface area contributed by atoms with Crippen LogP contribution >= 0.6 is 0 Å². The third kappa shape index (κ3) is 7.58. The third-order valence-corrected chi connectivity index (χ3v) is 5.65. The molecule has 3 aromatic carbocycles. The van der Waals surface area contributed by atoms with Crippen LogP contribution in [-0.2, 0) is 21.6 Å². The molecule has 0 spiro atoms. The lowest BCUT2D eigenvalue weighted by atomic mass is 9.86. The second kappa shape index (κ2) is 11.5. The van der Waals surface area contributed by atoms with Crippen LogP contribution in [-0.4, -0.2) is 13.1 Å². The molecule has 0 atom stereocenters. The van der Waals surface area contributed by atoms with Crippen molar-refractivity contribution in [1.29, 1.82) is 0 Å². The Kier molecular flexibility index (Phi) is 8.48. The van der Waals surface area contributed by atoms with Crippen molar-refractivity contribution < 1.29 is 14.3 Å². The molecule has 0 saturated carbocycles. The average molecular weight is 467 g/mol. The van der Waals surface area contributed by atoms with E-state index in [0.717, 1.165) is 33.6 Å². The molecule has 0 N–H and O–H groups in total. The molecule has 0 saturated heterocycles. The van der Waals surface area contributed by atoms with Crippen molar-refractivity contribution in [2.24, 2.45) is 0 Å². The number of methoxy groups -OCH3 is 1. The molecule has 35 heavy (non-hydrogen) atoms. The maximum Gasteiger partial charge on any atom is 0.333 e. The maximum atomic E-state index is 11.5. The van der Waals surface area contributed by atoms with E-state index in [0.29, 0.717) is 5.57 Å². The van der Waals surface area contributed by atoms with Crippen LogP contribution in [0.2, 0.25) is 0 Å². The summed E-state index contributed by atoms with van der Waals surface area (Å²) in [6, 6.07) is 22.7. The number of esters is 1. The molecule has 0 heterocycles. The molecular formula is C32H34O3. The molecule has 0 aliphatic heterocycles. The van der Waals surface area contributed by atoms with Gasteiger partial charge >= 0.3 is 5.97 Å². The van der Waals surface area contributed by atoms with Crippen molar-refractivity contribution in [2.45, 2.75) is 39.7 Å². The molecule has 0 amide bonds. The molecule has 3 rings (SSSR count). The van der Waals surface area contributed by atoms with E-state index in [1.807, 2.05) is 30.3 Å². The maximum absolute atomic E-state index is 11.5. The highest BCUT2D eigenvalue weighted by Crippen LogP contribution is 2.29. The van der Waals surface area contributed by atoms with Gasteiger partial charge in [0.2, 0.25) is 0 Å². The number of benzene rings is 3. The lowest BCUT2D eigenvalue weighted by Crippen LogP contribution is -2.11. The van der Waals surface area contributed by atoms with Crippen molar-refractivity contribution in [1.82, 2.24) is 0 Å². The Hall–Kier alpha value is -3.85. The zero-order chi connectivity index (χ0) is 25.4. The van der Waals surface area contributed by atoms with Gasteiger partial charge in [-0.2, -0.15) is 0 Å². The number of hydrogen-bond acceptors (Lipinski definition) is 3. The number of ether oxygens (including phenoxy) is 2. The summed E-state index contributed by atoms with van der Waals surface area (Å²) in [5, 5.41) is 0. The first kappa shape index (κ1) is 25.8. The molecule has 0 unspecified atom stereocenters. The third-order valence-electron chi connectivity index (χ3n) is 5.65. The number of carbonyl (C=O) groups is 1. The quantitative estimate of drug-likeness (QED) is 0.192. The standard InChI is InChI=1S/C32H34O3/c1-23(2)31(33)35-22-27-15-13-25(14-16-27)8-7-24-9-11-26(12-10-24)17-18-28-21-29(32(3,4)5)19-20-30(28)34-6/h7-21H,1,22H2,2-6H3/b8-7+,18-17+. The van der Waals surface area contributed by atoms with Gasteiger partial charge in [0, 0.05) is 11.1 Å². The first-order chi connectivity index (χ1) is 16.7. The van der Waals surface area contributed by atoms with Crippen LogP contribution < -0.4 is 4.74 Å². The van der Waals surface area contributed by atoms with E-state index in [9.17, 15) is 4.79 Å². The van der Waals surface area contributed by atoms with Crippen LogP contribution in [0.1, 0.15) is 61.1 Å². The smallest absolute Gasteiger partial charge is 0.333 e. The lowest BCUT2D eigenvalue weighted by Gasteiger charge is -2.20. The summed E-state index contributed by atoms with van der Waals surface area (Å²) in [6.45, 7) is 12.1. The van der Waals surface area contributed by atoms with Gasteiger partial charge in [-0.1, -0.05) is 106 Å². The monoisotopic (exact) mass is 466 g/mol. The average Bonchev–Trinajstić information content (AvgIpc) is 2.85. The predicted octanol–water partition coefficient (Wildman–Crippen LogP) is 7.95. The fraction of sp³-hybridized carbons (Fsp3) is 0.219. The fourth-order valence-electron chi connectivity index (χ4n) is 3.42. The lowest BCUT2D eigenvalue weighted by molar-refractivity contribution is -0.140. The Balaban J connectivity index is 1.64. The van der Waals surface area contributed by atoms with Crippen molar-refractivity contribution in [2.75, 3.05) is 7.11 Å². The molecule has 0 aliphatic rings. The van der Waals surface area contributed by atoms with E-state index in [4.69, 9.17) is 9.47 Å². The molecule has 0 bridgehead atoms. The molecule has 0 fully saturated rings. The van der Waals surface area contributed by atoms with E-state index < -0.39 is 0 Å². The van der Waals surface area contributed by atoms with Crippen LogP contribution in [0.5, 0.6) is 5.75 Å². The Morgan fingerprint density at radius 2 is 1.34 bits per heavy atom. The van der Waals surface area contributed by atoms with Gasteiger partial charge in [0.15, 0.2) is 0 Å². The van der Waals surface area contributed by atoms with E-state index in [-0.39, 0.29) is 18.0 Å². The highest BCUT2D eigenvalue weighted by Gasteiger charge is 2.15. The highest BCUT2D eigenvalue weighted by atomic mass is 16.5. The molecule has 0 aliphatic carbocycles. The first-order valence-electron chi connectivity index (χ1n) is 11.7. The normalized spacial score (nSPS) is 11.7. The summed E-state index contributed by atoms with van der Waals surface area (Å²) in [4.78, 5) is 11.5. The second-order valence-corrected chi connectivity index (χ2v) is 9.64. The fourth-order valence-corrected chi connectivity index (χ4v) is 3.42. The van der Waals surface area contributed by atoms with Gasteiger partial charge in [-0.25, -0.2) is 4.79 Å². The van der Waals surface area contributed by atoms with Crippen molar-refractivity contribution >= 4 is 30.3 Å². The van der Waals surface area contributed by atoms with Gasteiger partial charge in [0.1, 0.15) is 12.4 Å². The minimum absolute atomic E-state index is 0.0839. The van der Waals surface area contributed by atoms with Crippen LogP contribution in [0, 0.1) is 0 Å². The molecule has 3 aromatic rings. The minimum Gasteiger partial charge on any atom is -0.496 e. The van der Waals surface area contributed by atoms with E-state index in [1.54, 1.807) is 14.0 Å². The zero-order valence-electron chi connectivity index (χ0n) is 21.3. The summed E-state index contributed by atoms with van der Waals surface area (Å²) in [5.41, 5.74) is 7.10. The summed E-state index contributed by atoms with van der Waals surface area (Å²) in [6.07, 6.45) is 8.36. The summed E-state index contributed by atoms with van der Waals surface area (Å²) >= 11 is 0. The highest BCUT2D eigenvalue weighted by molar-refractivity contribution is 5.86. The van der Waals surface area contributed by atoms with Gasteiger partial charge in [0.05, 0.1) is 7.11 Å². The summed E-state index contributed by atoms with van der Waals surface area (Å²) in [5.74, 6) is 0.499. The number of rotatable bonds is 8. The second-order valence-electron chi connectivity index (χ2n) is 9.64. The SMILES string of the molecule is C=C(C)C(=O)OCc1ccc(/C=C/c2ccc(/C=C/c3cc(C(C)(C)C)ccc3OC)cc2)cc1. The van der Waals surface area contributed by atoms with Gasteiger partial charge in [-0.15, -0.1) is 0 Å². The Bertz CT molecular complexity index is 1220. The Morgan fingerprint density at radius 3 is 1.83 bits per heavy atom. The Morgan fingerprint density at radius 1 is 0.829 bits per heavy atom. The Labute approximate surface area is 209 Å². The number of hydrogen-bond donors (Lipinski definition) is 0. The molecule has 0 radical (unpaired) electrons. The van der Waals surface area contributed by atoms with E-state index in [1.165, 1.54) is 5.56 Å². The largest absolute Gasteiger partial charge is 0.496 e. The topological polar surface area (TPSA) is 35.5 Å². The zero-order valence-corrected chi connectivity index (χ0v) is 21.3. The van der Waals surface area contributed by atoms with Crippen LogP contribution in [0.15, 0.2) is 78.9 Å². The molecule has 3 nitrogen and oxygen atoms in total. The van der Waals surface area contributed by atoms with Gasteiger partial charge < -0.3 is 9.47 Å². The van der Waals surface area contributed by atoms with Gasteiger partial charge in [-0.05, 0) is 52.3 Å². The predicted molar refractivity (Wildman–Crippen MR) is 147 cm³/mol. The summed E-state index contributed by atoms with van der Waals surface area (Å²) in [7, 11) is 1.70. The molecular weight excluding hydrogens is 432 g/mol. The minimum atomic E-state index is -0.371.